The van der Waals surface area contributed by atoms with Gasteiger partial charge in [0.15, 0.2) is 0 Å². The molecule has 1 saturated heterocycles. The summed E-state index contributed by atoms with van der Waals surface area (Å²) in [7, 11) is 1.63. The Morgan fingerprint density at radius 3 is 2.55 bits per heavy atom. The first-order valence-electron chi connectivity index (χ1n) is 7.53. The van der Waals surface area contributed by atoms with Crippen molar-refractivity contribution in [3.63, 3.8) is 0 Å². The fourth-order valence-corrected chi connectivity index (χ4v) is 2.57. The summed E-state index contributed by atoms with van der Waals surface area (Å²) >= 11 is 0. The van der Waals surface area contributed by atoms with Gasteiger partial charge in [-0.3, -0.25) is 14.5 Å². The number of hydrogen-bond donors (Lipinski definition) is 1. The molecule has 0 unspecified atom stereocenters. The number of rotatable bonds is 7. The fraction of sp³-hybridized carbons (Fsp3) is 0.500. The molecule has 1 aromatic rings. The summed E-state index contributed by atoms with van der Waals surface area (Å²) in [6.07, 6.45) is 2.12. The van der Waals surface area contributed by atoms with Crippen LogP contribution in [0.5, 0.6) is 5.75 Å². The third-order valence-corrected chi connectivity index (χ3v) is 3.85. The smallest absolute Gasteiger partial charge is 0.252 e. The standard InChI is InChI=1S/C16H20N2O4/c1-21-8-9-22-13-6-2-11(3-7-13)17-14-10-15(19)18(16(14)20)12-4-5-12/h2-3,6-7,12,14,17H,4-5,8-10H2,1H3/t14-/m1/s1. The Morgan fingerprint density at radius 2 is 1.91 bits per heavy atom. The van der Waals surface area contributed by atoms with Crippen molar-refractivity contribution >= 4 is 17.5 Å². The Hall–Kier alpha value is -2.08. The van der Waals surface area contributed by atoms with Crippen LogP contribution in [0, 0.1) is 0 Å². The maximum absolute atomic E-state index is 12.2. The molecular formula is C16H20N2O4. The van der Waals surface area contributed by atoms with E-state index in [-0.39, 0.29) is 24.3 Å². The average Bonchev–Trinajstić information content (AvgIpc) is 3.29. The van der Waals surface area contributed by atoms with Crippen molar-refractivity contribution in [2.45, 2.75) is 31.3 Å². The summed E-state index contributed by atoms with van der Waals surface area (Å²) in [6.45, 7) is 1.03. The molecule has 1 saturated carbocycles. The van der Waals surface area contributed by atoms with E-state index in [1.807, 2.05) is 24.3 Å². The summed E-state index contributed by atoms with van der Waals surface area (Å²) in [6, 6.07) is 7.05. The van der Waals surface area contributed by atoms with Crippen LogP contribution in [0.3, 0.4) is 0 Å². The van der Waals surface area contributed by atoms with E-state index < -0.39 is 6.04 Å². The third kappa shape index (κ3) is 3.22. The predicted molar refractivity (Wildman–Crippen MR) is 80.7 cm³/mol. The zero-order valence-corrected chi connectivity index (χ0v) is 12.6. The lowest BCUT2D eigenvalue weighted by molar-refractivity contribution is -0.139. The van der Waals surface area contributed by atoms with E-state index in [0.717, 1.165) is 24.3 Å². The summed E-state index contributed by atoms with van der Waals surface area (Å²) < 4.78 is 10.4. The molecule has 0 spiro atoms. The molecule has 2 fully saturated rings. The van der Waals surface area contributed by atoms with Gasteiger partial charge in [0, 0.05) is 18.8 Å². The number of imide groups is 1. The molecule has 1 N–H and O–H groups in total. The highest BCUT2D eigenvalue weighted by molar-refractivity contribution is 6.07. The summed E-state index contributed by atoms with van der Waals surface area (Å²) in [5.74, 6) is 0.577. The quantitative estimate of drug-likeness (QED) is 0.609. The van der Waals surface area contributed by atoms with Crippen LogP contribution in [0.15, 0.2) is 24.3 Å². The van der Waals surface area contributed by atoms with Gasteiger partial charge in [0.2, 0.25) is 5.91 Å². The second-order valence-corrected chi connectivity index (χ2v) is 5.60. The van der Waals surface area contributed by atoms with Crippen LogP contribution in [-0.2, 0) is 14.3 Å². The lowest BCUT2D eigenvalue weighted by Gasteiger charge is -2.15. The molecule has 3 rings (SSSR count). The van der Waals surface area contributed by atoms with E-state index in [2.05, 4.69) is 5.32 Å². The number of likely N-dealkylation sites (tertiary alicyclic amines) is 1. The number of nitrogens with one attached hydrogen (secondary N) is 1. The highest BCUT2D eigenvalue weighted by atomic mass is 16.5. The zero-order chi connectivity index (χ0) is 15.5. The molecule has 0 bridgehead atoms. The Kier molecular flexibility index (Phi) is 4.29. The minimum Gasteiger partial charge on any atom is -0.491 e. The van der Waals surface area contributed by atoms with Crippen molar-refractivity contribution in [1.29, 1.82) is 0 Å². The van der Waals surface area contributed by atoms with Gasteiger partial charge in [0.25, 0.3) is 5.91 Å². The molecule has 1 heterocycles. The molecule has 1 aliphatic carbocycles. The summed E-state index contributed by atoms with van der Waals surface area (Å²) in [5, 5.41) is 3.14. The number of carbonyl (C=O) groups is 2. The molecule has 6 heteroatoms. The molecule has 0 radical (unpaired) electrons. The second-order valence-electron chi connectivity index (χ2n) is 5.60. The molecule has 2 aliphatic rings. The van der Waals surface area contributed by atoms with Gasteiger partial charge < -0.3 is 14.8 Å². The van der Waals surface area contributed by atoms with Crippen molar-refractivity contribution < 1.29 is 19.1 Å². The van der Waals surface area contributed by atoms with Gasteiger partial charge in [0.1, 0.15) is 18.4 Å². The number of hydrogen-bond acceptors (Lipinski definition) is 5. The van der Waals surface area contributed by atoms with Crippen molar-refractivity contribution in [3.8, 4) is 5.75 Å². The molecule has 2 amide bonds. The Morgan fingerprint density at radius 1 is 1.18 bits per heavy atom. The van der Waals surface area contributed by atoms with Crippen LogP contribution >= 0.6 is 0 Å². The van der Waals surface area contributed by atoms with Crippen LogP contribution in [0.1, 0.15) is 19.3 Å². The van der Waals surface area contributed by atoms with Crippen LogP contribution in [0.25, 0.3) is 0 Å². The Labute approximate surface area is 129 Å². The molecule has 6 nitrogen and oxygen atoms in total. The van der Waals surface area contributed by atoms with Gasteiger partial charge in [-0.05, 0) is 37.1 Å². The van der Waals surface area contributed by atoms with Crippen LogP contribution < -0.4 is 10.1 Å². The topological polar surface area (TPSA) is 67.9 Å². The largest absolute Gasteiger partial charge is 0.491 e. The van der Waals surface area contributed by atoms with Crippen LogP contribution in [0.2, 0.25) is 0 Å². The molecule has 118 valence electrons. The SMILES string of the molecule is COCCOc1ccc(N[C@@H]2CC(=O)N(C3CC3)C2=O)cc1. The van der Waals surface area contributed by atoms with Gasteiger partial charge >= 0.3 is 0 Å². The lowest BCUT2D eigenvalue weighted by Crippen LogP contribution is -2.36. The van der Waals surface area contributed by atoms with E-state index in [4.69, 9.17) is 9.47 Å². The number of methoxy groups -OCH3 is 1. The Bertz CT molecular complexity index is 554. The lowest BCUT2D eigenvalue weighted by atomic mass is 10.2. The van der Waals surface area contributed by atoms with Crippen molar-refractivity contribution in [3.05, 3.63) is 24.3 Å². The van der Waals surface area contributed by atoms with Gasteiger partial charge in [-0.25, -0.2) is 0 Å². The number of amides is 2. The van der Waals surface area contributed by atoms with Crippen molar-refractivity contribution in [2.75, 3.05) is 25.6 Å². The molecule has 1 aromatic carbocycles. The van der Waals surface area contributed by atoms with Crippen LogP contribution in [0.4, 0.5) is 5.69 Å². The first-order valence-corrected chi connectivity index (χ1v) is 7.53. The van der Waals surface area contributed by atoms with E-state index in [1.165, 1.54) is 4.90 Å². The second kappa shape index (κ2) is 6.36. The number of nitrogens with zero attached hydrogens (tertiary/aromatic N) is 1. The van der Waals surface area contributed by atoms with Crippen molar-refractivity contribution in [2.24, 2.45) is 0 Å². The zero-order valence-electron chi connectivity index (χ0n) is 12.6. The van der Waals surface area contributed by atoms with E-state index >= 15 is 0 Å². The maximum atomic E-state index is 12.2. The minimum atomic E-state index is -0.451. The van der Waals surface area contributed by atoms with Gasteiger partial charge in [-0.1, -0.05) is 0 Å². The molecule has 1 atom stereocenters. The fourth-order valence-electron chi connectivity index (χ4n) is 2.57. The van der Waals surface area contributed by atoms with Crippen molar-refractivity contribution in [1.82, 2.24) is 4.90 Å². The normalized spacial score (nSPS) is 21.3. The number of carbonyl (C=O) groups excluding carboxylic acids is 2. The minimum absolute atomic E-state index is 0.0653. The Balaban J connectivity index is 1.56. The van der Waals surface area contributed by atoms with E-state index in [1.54, 1.807) is 7.11 Å². The number of anilines is 1. The highest BCUT2D eigenvalue weighted by Crippen LogP contribution is 2.32. The maximum Gasteiger partial charge on any atom is 0.252 e. The van der Waals surface area contributed by atoms with Gasteiger partial charge in [0.05, 0.1) is 13.0 Å². The van der Waals surface area contributed by atoms with Crippen LogP contribution in [-0.4, -0.2) is 49.1 Å². The number of ether oxygens (including phenoxy) is 2. The summed E-state index contributed by atoms with van der Waals surface area (Å²) in [5.41, 5.74) is 0.808. The molecule has 22 heavy (non-hydrogen) atoms. The predicted octanol–water partition coefficient (Wildman–Crippen LogP) is 1.41. The first-order chi connectivity index (χ1) is 10.7. The van der Waals surface area contributed by atoms with Gasteiger partial charge in [-0.2, -0.15) is 0 Å². The third-order valence-electron chi connectivity index (χ3n) is 3.85. The highest BCUT2D eigenvalue weighted by Gasteiger charge is 2.46. The first kappa shape index (κ1) is 14.8. The van der Waals surface area contributed by atoms with E-state index in [0.29, 0.717) is 13.2 Å². The summed E-state index contributed by atoms with van der Waals surface area (Å²) in [4.78, 5) is 25.6. The monoisotopic (exact) mass is 304 g/mol. The molecule has 1 aliphatic heterocycles. The average molecular weight is 304 g/mol. The van der Waals surface area contributed by atoms with E-state index in [9.17, 15) is 9.59 Å². The molecule has 0 aromatic heterocycles. The van der Waals surface area contributed by atoms with Gasteiger partial charge in [-0.15, -0.1) is 0 Å². The number of benzene rings is 1. The molecular weight excluding hydrogens is 284 g/mol.